The Hall–Kier alpha value is -6.50. The molecule has 0 radical (unpaired) electrons. The van der Waals surface area contributed by atoms with Crippen molar-refractivity contribution in [2.24, 2.45) is 0 Å². The standard InChI is InChI=1S/C46H46N4O8/c1-45(2,3)57-43(51)55-41-31(13-9-15-33(41)37-17-11-25-49(37)27-53-7)35-23-21-29-19-20-30-22-24-36(48-40(30)39(29)47-35)32-14-10-16-34(38-18-12-26-50(38)28-54-8)42(32)56-44(52)58-46(4,5)6/h9-26H,27-28H2,1-8H3. The number of aromatic nitrogens is 4. The van der Waals surface area contributed by atoms with Gasteiger partial charge in [-0.05, 0) is 102 Å². The second kappa shape index (κ2) is 16.2. The van der Waals surface area contributed by atoms with Crippen LogP contribution in [0, 0.1) is 0 Å². The Bertz CT molecular complexity index is 2450. The van der Waals surface area contributed by atoms with Gasteiger partial charge in [-0.25, -0.2) is 19.6 Å². The molecule has 0 aliphatic heterocycles. The van der Waals surface area contributed by atoms with Crippen molar-refractivity contribution >= 4 is 34.1 Å². The molecule has 0 aliphatic carbocycles. The topological polar surface area (TPSA) is 125 Å². The number of nitrogens with zero attached hydrogens (tertiary/aromatic N) is 4. The van der Waals surface area contributed by atoms with Crippen LogP contribution in [-0.2, 0) is 32.4 Å². The number of carbonyl (C=O) groups excluding carboxylic acids is 2. The second-order valence-electron chi connectivity index (χ2n) is 15.7. The highest BCUT2D eigenvalue weighted by Gasteiger charge is 2.26. The number of ether oxygens (including phenoxy) is 6. The minimum atomic E-state index is -0.843. The number of para-hydroxylation sites is 2. The summed E-state index contributed by atoms with van der Waals surface area (Å²) in [5, 5.41) is 1.69. The molecule has 58 heavy (non-hydrogen) atoms. The number of hydrogen-bond acceptors (Lipinski definition) is 10. The average molecular weight is 783 g/mol. The summed E-state index contributed by atoms with van der Waals surface area (Å²) in [4.78, 5) is 36.9. The third-order valence-electron chi connectivity index (χ3n) is 9.00. The highest BCUT2D eigenvalue weighted by molar-refractivity contribution is 6.04. The first-order chi connectivity index (χ1) is 27.7. The van der Waals surface area contributed by atoms with E-state index in [1.807, 2.05) is 119 Å². The summed E-state index contributed by atoms with van der Waals surface area (Å²) in [6.07, 6.45) is 2.10. The molecule has 0 aliphatic rings. The van der Waals surface area contributed by atoms with Crippen LogP contribution in [0.5, 0.6) is 11.5 Å². The first-order valence-corrected chi connectivity index (χ1v) is 18.8. The lowest BCUT2D eigenvalue weighted by atomic mass is 10.0. The molecule has 0 saturated heterocycles. The van der Waals surface area contributed by atoms with Gasteiger partial charge in [0.25, 0.3) is 0 Å². The van der Waals surface area contributed by atoms with Crippen LogP contribution in [0.15, 0.2) is 109 Å². The number of pyridine rings is 2. The second-order valence-corrected chi connectivity index (χ2v) is 15.7. The van der Waals surface area contributed by atoms with Crippen molar-refractivity contribution in [2.45, 2.75) is 66.2 Å². The highest BCUT2D eigenvalue weighted by Crippen LogP contribution is 2.42. The largest absolute Gasteiger partial charge is 0.514 e. The van der Waals surface area contributed by atoms with Gasteiger partial charge in [-0.15, -0.1) is 0 Å². The maximum absolute atomic E-state index is 13.3. The fraction of sp³-hybridized carbons (Fsp3) is 0.261. The van der Waals surface area contributed by atoms with Crippen LogP contribution < -0.4 is 9.47 Å². The summed E-state index contributed by atoms with van der Waals surface area (Å²) in [6.45, 7) is 11.3. The Labute approximate surface area is 336 Å². The highest BCUT2D eigenvalue weighted by atomic mass is 16.7. The van der Waals surface area contributed by atoms with E-state index in [-0.39, 0.29) is 11.5 Å². The first-order valence-electron chi connectivity index (χ1n) is 18.8. The fourth-order valence-corrected chi connectivity index (χ4v) is 6.70. The molecule has 7 rings (SSSR count). The zero-order valence-electron chi connectivity index (χ0n) is 33.9. The first kappa shape index (κ1) is 39.7. The van der Waals surface area contributed by atoms with Crippen molar-refractivity contribution in [2.75, 3.05) is 14.2 Å². The number of carbonyl (C=O) groups is 2. The Kier molecular flexibility index (Phi) is 11.1. The van der Waals surface area contributed by atoms with E-state index in [9.17, 15) is 9.59 Å². The van der Waals surface area contributed by atoms with Crippen molar-refractivity contribution in [3.8, 4) is 56.5 Å². The monoisotopic (exact) mass is 782 g/mol. The van der Waals surface area contributed by atoms with Crippen LogP contribution in [0.1, 0.15) is 41.5 Å². The van der Waals surface area contributed by atoms with Crippen LogP contribution in [-0.4, -0.2) is 56.8 Å². The quantitative estimate of drug-likeness (QED) is 0.0752. The molecule has 0 saturated carbocycles. The Morgan fingerprint density at radius 1 is 0.517 bits per heavy atom. The summed E-state index contributed by atoms with van der Waals surface area (Å²) < 4.78 is 38.0. The molecule has 0 fully saturated rings. The van der Waals surface area contributed by atoms with Gasteiger partial charge in [-0.1, -0.05) is 36.4 Å². The predicted molar refractivity (Wildman–Crippen MR) is 223 cm³/mol. The van der Waals surface area contributed by atoms with E-state index in [1.54, 1.807) is 55.8 Å². The van der Waals surface area contributed by atoms with Gasteiger partial charge in [-0.2, -0.15) is 0 Å². The minimum absolute atomic E-state index is 0.285. The summed E-state index contributed by atoms with van der Waals surface area (Å²) in [5.74, 6) is 0.569. The molecule has 0 N–H and O–H groups in total. The van der Waals surface area contributed by atoms with E-state index < -0.39 is 23.5 Å². The van der Waals surface area contributed by atoms with E-state index in [0.717, 1.165) is 22.2 Å². The Morgan fingerprint density at radius 2 is 0.897 bits per heavy atom. The van der Waals surface area contributed by atoms with Crippen molar-refractivity contribution in [3.05, 3.63) is 109 Å². The number of fused-ring (bicyclic) bond motifs is 3. The zero-order valence-corrected chi connectivity index (χ0v) is 33.9. The number of hydrogen-bond donors (Lipinski definition) is 0. The smallest absolute Gasteiger partial charge is 0.428 e. The third-order valence-corrected chi connectivity index (χ3v) is 9.00. The molecule has 12 nitrogen and oxygen atoms in total. The molecule has 4 aromatic heterocycles. The van der Waals surface area contributed by atoms with Gasteiger partial charge in [0.05, 0.1) is 33.8 Å². The molecule has 0 bridgehead atoms. The molecular formula is C46H46N4O8. The maximum atomic E-state index is 13.3. The number of rotatable bonds is 10. The average Bonchev–Trinajstić information content (AvgIpc) is 3.83. The molecule has 0 atom stereocenters. The number of benzene rings is 3. The summed E-state index contributed by atoms with van der Waals surface area (Å²) in [6, 6.07) is 30.6. The van der Waals surface area contributed by atoms with Gasteiger partial charge in [0.1, 0.15) is 24.7 Å². The predicted octanol–water partition coefficient (Wildman–Crippen LogP) is 10.9. The van der Waals surface area contributed by atoms with Crippen LogP contribution in [0.4, 0.5) is 9.59 Å². The van der Waals surface area contributed by atoms with Gasteiger partial charge in [0.2, 0.25) is 0 Å². The van der Waals surface area contributed by atoms with E-state index in [0.29, 0.717) is 58.1 Å². The van der Waals surface area contributed by atoms with Crippen molar-refractivity contribution < 1.29 is 38.0 Å². The van der Waals surface area contributed by atoms with E-state index in [1.165, 1.54) is 0 Å². The molecule has 3 aromatic carbocycles. The van der Waals surface area contributed by atoms with E-state index in [2.05, 4.69) is 0 Å². The van der Waals surface area contributed by atoms with E-state index in [4.69, 9.17) is 38.4 Å². The molecular weight excluding hydrogens is 737 g/mol. The SMILES string of the molecule is COCn1cccc1-c1cccc(-c2ccc3ccc4ccc(-c5cccc(-c6cccn6COC)c5OC(=O)OC(C)(C)C)nc4c3n2)c1OC(=O)OC(C)(C)C. The van der Waals surface area contributed by atoms with Crippen molar-refractivity contribution in [3.63, 3.8) is 0 Å². The van der Waals surface area contributed by atoms with Gasteiger partial charge in [0, 0.05) is 59.6 Å². The summed E-state index contributed by atoms with van der Waals surface area (Å²) in [7, 11) is 3.24. The fourth-order valence-electron chi connectivity index (χ4n) is 6.70. The Balaban J connectivity index is 1.39. The minimum Gasteiger partial charge on any atom is -0.428 e. The van der Waals surface area contributed by atoms with Gasteiger partial charge < -0.3 is 37.6 Å². The maximum Gasteiger partial charge on any atom is 0.514 e. The lowest BCUT2D eigenvalue weighted by molar-refractivity contribution is 0.0195. The van der Waals surface area contributed by atoms with Crippen LogP contribution in [0.2, 0.25) is 0 Å². The zero-order chi connectivity index (χ0) is 41.2. The number of methoxy groups -OCH3 is 2. The van der Waals surface area contributed by atoms with Crippen molar-refractivity contribution in [1.29, 1.82) is 0 Å². The van der Waals surface area contributed by atoms with Crippen molar-refractivity contribution in [1.82, 2.24) is 19.1 Å². The third kappa shape index (κ3) is 8.58. The van der Waals surface area contributed by atoms with E-state index >= 15 is 0 Å². The molecule has 4 heterocycles. The van der Waals surface area contributed by atoms with Gasteiger partial charge in [-0.3, -0.25) is 0 Å². The normalized spacial score (nSPS) is 11.9. The molecule has 298 valence electrons. The lowest BCUT2D eigenvalue weighted by Gasteiger charge is -2.21. The molecule has 12 heteroatoms. The van der Waals surface area contributed by atoms with Crippen LogP contribution in [0.3, 0.4) is 0 Å². The van der Waals surface area contributed by atoms with Crippen LogP contribution >= 0.6 is 0 Å². The molecule has 0 unspecified atom stereocenters. The molecule has 0 spiro atoms. The summed E-state index contributed by atoms with van der Waals surface area (Å²) >= 11 is 0. The lowest BCUT2D eigenvalue weighted by Crippen LogP contribution is -2.26. The molecule has 7 aromatic rings. The van der Waals surface area contributed by atoms with Crippen LogP contribution in [0.25, 0.3) is 66.8 Å². The summed E-state index contributed by atoms with van der Waals surface area (Å²) in [5.41, 5.74) is 4.78. The van der Waals surface area contributed by atoms with Gasteiger partial charge in [0.15, 0.2) is 11.5 Å². The molecule has 0 amide bonds. The van der Waals surface area contributed by atoms with Gasteiger partial charge >= 0.3 is 12.3 Å². The Morgan fingerprint density at radius 3 is 1.28 bits per heavy atom.